The SMILES string of the molecule is CCOC(=O)C(C)(C)c1csc(NCCc2ncn[nH]2)n1. The number of esters is 1. The Kier molecular flexibility index (Phi) is 4.89. The van der Waals surface area contributed by atoms with E-state index in [1.165, 1.54) is 17.7 Å². The fraction of sp³-hybridized carbons (Fsp3) is 0.538. The molecule has 0 aliphatic carbocycles. The number of carbonyl (C=O) groups is 1. The van der Waals surface area contributed by atoms with E-state index in [1.54, 1.807) is 6.92 Å². The highest BCUT2D eigenvalue weighted by Crippen LogP contribution is 2.28. The van der Waals surface area contributed by atoms with Gasteiger partial charge in [-0.1, -0.05) is 0 Å². The first-order valence-corrected chi connectivity index (χ1v) is 7.63. The van der Waals surface area contributed by atoms with E-state index < -0.39 is 5.41 Å². The molecule has 0 aliphatic rings. The van der Waals surface area contributed by atoms with Gasteiger partial charge in [0.25, 0.3) is 0 Å². The zero-order valence-electron chi connectivity index (χ0n) is 12.3. The van der Waals surface area contributed by atoms with E-state index in [0.29, 0.717) is 18.8 Å². The summed E-state index contributed by atoms with van der Waals surface area (Å²) in [6, 6.07) is 0. The molecule has 2 aromatic heterocycles. The van der Waals surface area contributed by atoms with E-state index in [1.807, 2.05) is 19.2 Å². The van der Waals surface area contributed by atoms with Crippen molar-refractivity contribution in [2.24, 2.45) is 0 Å². The predicted molar refractivity (Wildman–Crippen MR) is 80.3 cm³/mol. The molecule has 0 amide bonds. The van der Waals surface area contributed by atoms with Gasteiger partial charge in [-0.15, -0.1) is 11.3 Å². The number of nitrogens with zero attached hydrogens (tertiary/aromatic N) is 3. The van der Waals surface area contributed by atoms with Gasteiger partial charge in [-0.05, 0) is 20.8 Å². The number of thiazole rings is 1. The Morgan fingerprint density at radius 3 is 3.00 bits per heavy atom. The van der Waals surface area contributed by atoms with Crippen molar-refractivity contribution in [2.45, 2.75) is 32.6 Å². The molecule has 2 N–H and O–H groups in total. The first-order valence-electron chi connectivity index (χ1n) is 6.75. The second-order valence-corrected chi connectivity index (χ2v) is 5.85. The first kappa shape index (κ1) is 15.4. The molecule has 8 heteroatoms. The Bertz CT molecular complexity index is 579. The number of rotatable bonds is 7. The van der Waals surface area contributed by atoms with E-state index in [0.717, 1.165) is 17.4 Å². The van der Waals surface area contributed by atoms with Gasteiger partial charge in [0.05, 0.1) is 12.3 Å². The molecule has 2 aromatic rings. The summed E-state index contributed by atoms with van der Waals surface area (Å²) >= 11 is 1.47. The van der Waals surface area contributed by atoms with Crippen molar-refractivity contribution in [1.29, 1.82) is 0 Å². The largest absolute Gasteiger partial charge is 0.465 e. The minimum atomic E-state index is -0.739. The Morgan fingerprint density at radius 2 is 2.33 bits per heavy atom. The Balaban J connectivity index is 1.92. The summed E-state index contributed by atoms with van der Waals surface area (Å²) in [6.07, 6.45) is 2.22. The van der Waals surface area contributed by atoms with Crippen molar-refractivity contribution in [2.75, 3.05) is 18.5 Å². The lowest BCUT2D eigenvalue weighted by atomic mass is 9.90. The number of H-pyrrole nitrogens is 1. The molecule has 21 heavy (non-hydrogen) atoms. The van der Waals surface area contributed by atoms with Gasteiger partial charge in [-0.3, -0.25) is 9.89 Å². The molecule has 0 spiro atoms. The molecule has 114 valence electrons. The van der Waals surface area contributed by atoms with Crippen LogP contribution in [0.25, 0.3) is 0 Å². The number of anilines is 1. The summed E-state index contributed by atoms with van der Waals surface area (Å²) in [5, 5.41) is 12.5. The van der Waals surface area contributed by atoms with Gasteiger partial charge in [0.15, 0.2) is 5.13 Å². The highest BCUT2D eigenvalue weighted by molar-refractivity contribution is 7.13. The number of hydrogen-bond acceptors (Lipinski definition) is 7. The number of ether oxygens (including phenoxy) is 1. The standard InChI is InChI=1S/C13H19N5O2S/c1-4-20-11(19)13(2,3)9-7-21-12(17-9)14-6-5-10-15-8-16-18-10/h7-8H,4-6H2,1-3H3,(H,14,17)(H,15,16,18). The minimum absolute atomic E-state index is 0.261. The molecule has 0 saturated heterocycles. The second-order valence-electron chi connectivity index (χ2n) is 4.99. The van der Waals surface area contributed by atoms with Crippen LogP contribution in [0.5, 0.6) is 0 Å². The van der Waals surface area contributed by atoms with Crippen LogP contribution in [0.2, 0.25) is 0 Å². The van der Waals surface area contributed by atoms with Crippen LogP contribution in [0.15, 0.2) is 11.7 Å². The lowest BCUT2D eigenvalue weighted by molar-refractivity contribution is -0.148. The molecule has 0 fully saturated rings. The summed E-state index contributed by atoms with van der Waals surface area (Å²) in [4.78, 5) is 20.5. The summed E-state index contributed by atoms with van der Waals surface area (Å²) in [6.45, 7) is 6.50. The molecule has 2 heterocycles. The van der Waals surface area contributed by atoms with Gasteiger partial charge in [0, 0.05) is 18.3 Å². The Morgan fingerprint density at radius 1 is 1.52 bits per heavy atom. The molecular weight excluding hydrogens is 290 g/mol. The van der Waals surface area contributed by atoms with Gasteiger partial charge in [0.1, 0.15) is 17.6 Å². The van der Waals surface area contributed by atoms with E-state index in [2.05, 4.69) is 25.5 Å². The fourth-order valence-corrected chi connectivity index (χ4v) is 2.60. The molecule has 0 saturated carbocycles. The molecule has 2 rings (SSSR count). The topological polar surface area (TPSA) is 92.8 Å². The fourth-order valence-electron chi connectivity index (χ4n) is 1.70. The van der Waals surface area contributed by atoms with Crippen molar-refractivity contribution in [3.05, 3.63) is 23.2 Å². The number of hydrogen-bond donors (Lipinski definition) is 2. The van der Waals surface area contributed by atoms with Gasteiger partial charge in [0.2, 0.25) is 0 Å². The molecule has 0 radical (unpaired) electrons. The van der Waals surface area contributed by atoms with E-state index in [9.17, 15) is 4.79 Å². The van der Waals surface area contributed by atoms with Crippen LogP contribution in [0.1, 0.15) is 32.3 Å². The molecular formula is C13H19N5O2S. The summed E-state index contributed by atoms with van der Waals surface area (Å²) in [7, 11) is 0. The number of aromatic nitrogens is 4. The van der Waals surface area contributed by atoms with Gasteiger partial charge in [-0.25, -0.2) is 9.97 Å². The molecule has 0 aliphatic heterocycles. The van der Waals surface area contributed by atoms with Crippen LogP contribution in [-0.4, -0.2) is 39.3 Å². The van der Waals surface area contributed by atoms with E-state index in [-0.39, 0.29) is 5.97 Å². The maximum absolute atomic E-state index is 11.9. The van der Waals surface area contributed by atoms with Crippen LogP contribution >= 0.6 is 11.3 Å². The Hall–Kier alpha value is -1.96. The van der Waals surface area contributed by atoms with Crippen LogP contribution in [-0.2, 0) is 21.4 Å². The quantitative estimate of drug-likeness (QED) is 0.757. The van der Waals surface area contributed by atoms with Crippen LogP contribution in [0.3, 0.4) is 0 Å². The van der Waals surface area contributed by atoms with Crippen molar-refractivity contribution < 1.29 is 9.53 Å². The average molecular weight is 309 g/mol. The van der Waals surface area contributed by atoms with E-state index in [4.69, 9.17) is 4.74 Å². The predicted octanol–water partition coefficient (Wildman–Crippen LogP) is 1.76. The van der Waals surface area contributed by atoms with Gasteiger partial charge >= 0.3 is 5.97 Å². The molecule has 0 atom stereocenters. The van der Waals surface area contributed by atoms with E-state index >= 15 is 0 Å². The molecule has 0 bridgehead atoms. The zero-order chi connectivity index (χ0) is 15.3. The van der Waals surface area contributed by atoms with Crippen molar-refractivity contribution >= 4 is 22.4 Å². The molecule has 0 unspecified atom stereocenters. The summed E-state index contributed by atoms with van der Waals surface area (Å²) < 4.78 is 5.09. The van der Waals surface area contributed by atoms with Gasteiger partial charge < -0.3 is 10.1 Å². The highest BCUT2D eigenvalue weighted by Gasteiger charge is 2.33. The normalized spacial score (nSPS) is 11.4. The van der Waals surface area contributed by atoms with Crippen LogP contribution < -0.4 is 5.32 Å². The van der Waals surface area contributed by atoms with Gasteiger partial charge in [-0.2, -0.15) is 5.10 Å². The Labute approximate surface area is 127 Å². The monoisotopic (exact) mass is 309 g/mol. The summed E-state index contributed by atoms with van der Waals surface area (Å²) in [5.41, 5.74) is -0.0229. The van der Waals surface area contributed by atoms with Crippen molar-refractivity contribution in [1.82, 2.24) is 20.2 Å². The maximum Gasteiger partial charge on any atom is 0.317 e. The zero-order valence-corrected chi connectivity index (χ0v) is 13.2. The van der Waals surface area contributed by atoms with Crippen molar-refractivity contribution in [3.8, 4) is 0 Å². The summed E-state index contributed by atoms with van der Waals surface area (Å²) in [5.74, 6) is 0.564. The van der Waals surface area contributed by atoms with Crippen LogP contribution in [0, 0.1) is 0 Å². The number of aromatic amines is 1. The third-order valence-corrected chi connectivity index (χ3v) is 3.83. The maximum atomic E-state index is 11.9. The van der Waals surface area contributed by atoms with Crippen LogP contribution in [0.4, 0.5) is 5.13 Å². The van der Waals surface area contributed by atoms with Crippen molar-refractivity contribution in [3.63, 3.8) is 0 Å². The molecule has 7 nitrogen and oxygen atoms in total. The first-order chi connectivity index (χ1) is 10.0. The number of carbonyl (C=O) groups excluding carboxylic acids is 1. The third kappa shape index (κ3) is 3.78. The number of nitrogens with one attached hydrogen (secondary N) is 2. The lowest BCUT2D eigenvalue weighted by Crippen LogP contribution is -2.31. The average Bonchev–Trinajstić information content (AvgIpc) is 3.10. The third-order valence-electron chi connectivity index (χ3n) is 3.03. The minimum Gasteiger partial charge on any atom is -0.465 e. The highest BCUT2D eigenvalue weighted by atomic mass is 32.1. The smallest absolute Gasteiger partial charge is 0.317 e. The second kappa shape index (κ2) is 6.66. The lowest BCUT2D eigenvalue weighted by Gasteiger charge is -2.19. The molecule has 0 aromatic carbocycles.